The Morgan fingerprint density at radius 3 is 2.62 bits per heavy atom. The topological polar surface area (TPSA) is 120 Å². The van der Waals surface area contributed by atoms with E-state index < -0.39 is 10.8 Å². The van der Waals surface area contributed by atoms with Crippen LogP contribution in [0.3, 0.4) is 0 Å². The molecule has 0 saturated carbocycles. The lowest BCUT2D eigenvalue weighted by molar-refractivity contribution is -0.385. The molecule has 0 spiro atoms. The Morgan fingerprint density at radius 2 is 2.00 bits per heavy atom. The molecule has 3 N–H and O–H groups in total. The molecule has 8 nitrogen and oxygen atoms in total. The van der Waals surface area contributed by atoms with Crippen molar-refractivity contribution < 1.29 is 14.5 Å². The lowest BCUT2D eigenvalue weighted by Crippen LogP contribution is -2.20. The molecule has 2 rings (SSSR count). The Kier molecular flexibility index (Phi) is 5.10. The molecule has 0 aliphatic heterocycles. The molecule has 0 radical (unpaired) electrons. The molecule has 0 aliphatic carbocycles. The Hall–Kier alpha value is -3.42. The predicted molar refractivity (Wildman–Crippen MR) is 90.2 cm³/mol. The third kappa shape index (κ3) is 3.67. The Bertz CT molecular complexity index is 817. The minimum Gasteiger partial charge on any atom is -0.490 e. The van der Waals surface area contributed by atoms with Gasteiger partial charge in [0.05, 0.1) is 23.3 Å². The summed E-state index contributed by atoms with van der Waals surface area (Å²) in [4.78, 5) is 22.6. The third-order valence-corrected chi connectivity index (χ3v) is 3.32. The Morgan fingerprint density at radius 1 is 1.29 bits per heavy atom. The van der Waals surface area contributed by atoms with Crippen molar-refractivity contribution >= 4 is 23.0 Å². The van der Waals surface area contributed by atoms with Crippen molar-refractivity contribution in [3.8, 4) is 5.75 Å². The van der Waals surface area contributed by atoms with Crippen LogP contribution < -0.4 is 15.9 Å². The van der Waals surface area contributed by atoms with Crippen molar-refractivity contribution in [2.75, 3.05) is 12.8 Å². The van der Waals surface area contributed by atoms with Crippen molar-refractivity contribution in [3.05, 3.63) is 63.7 Å². The zero-order valence-corrected chi connectivity index (χ0v) is 13.1. The molecular weight excluding hydrogens is 312 g/mol. The summed E-state index contributed by atoms with van der Waals surface area (Å²) in [6.07, 6.45) is 0. The number of nitrogens with zero attached hydrogens (tertiary/aromatic N) is 2. The molecular formula is C16H16N4O4. The number of rotatable bonds is 5. The summed E-state index contributed by atoms with van der Waals surface area (Å²) in [6.45, 7) is 1.63. The quantitative estimate of drug-likeness (QED) is 0.378. The molecule has 0 bridgehead atoms. The number of nitro groups is 1. The van der Waals surface area contributed by atoms with Gasteiger partial charge in [0.25, 0.3) is 5.91 Å². The molecule has 0 aliphatic rings. The van der Waals surface area contributed by atoms with Crippen LogP contribution in [-0.4, -0.2) is 23.7 Å². The highest BCUT2D eigenvalue weighted by Crippen LogP contribution is 2.27. The van der Waals surface area contributed by atoms with Crippen LogP contribution >= 0.6 is 0 Å². The van der Waals surface area contributed by atoms with Crippen molar-refractivity contribution in [2.45, 2.75) is 6.92 Å². The van der Waals surface area contributed by atoms with E-state index in [1.807, 2.05) is 0 Å². The van der Waals surface area contributed by atoms with E-state index in [9.17, 15) is 14.9 Å². The molecule has 0 heterocycles. The lowest BCUT2D eigenvalue weighted by Gasteiger charge is -2.06. The molecule has 0 saturated heterocycles. The number of nitrogens with two attached hydrogens (primary N) is 1. The van der Waals surface area contributed by atoms with Crippen LogP contribution in [0.25, 0.3) is 0 Å². The zero-order chi connectivity index (χ0) is 17.7. The van der Waals surface area contributed by atoms with Gasteiger partial charge >= 0.3 is 5.69 Å². The molecule has 0 aromatic heterocycles. The van der Waals surface area contributed by atoms with Gasteiger partial charge < -0.3 is 10.5 Å². The molecule has 0 unspecified atom stereocenters. The summed E-state index contributed by atoms with van der Waals surface area (Å²) in [5, 5.41) is 15.0. The number of carbonyl (C=O) groups excluding carboxylic acids is 1. The number of amides is 1. The average molecular weight is 328 g/mol. The van der Waals surface area contributed by atoms with Gasteiger partial charge in [0.2, 0.25) is 0 Å². The number of methoxy groups -OCH3 is 1. The fourth-order valence-electron chi connectivity index (χ4n) is 2.02. The SMILES string of the molecule is COc1ccc(C(C)=NNC(=O)c2ccccc2N)cc1[N+](=O)[O-]. The standard InChI is InChI=1S/C16H16N4O4/c1-10(11-7-8-15(24-2)14(9-11)20(22)23)18-19-16(21)12-5-3-4-6-13(12)17/h3-9H,17H2,1-2H3,(H,19,21). The van der Waals surface area contributed by atoms with Crippen molar-refractivity contribution in [3.63, 3.8) is 0 Å². The predicted octanol–water partition coefficient (Wildman–Crippen LogP) is 2.34. The van der Waals surface area contributed by atoms with Gasteiger partial charge in [-0.25, -0.2) is 5.43 Å². The first-order valence-corrected chi connectivity index (χ1v) is 6.96. The van der Waals surface area contributed by atoms with Gasteiger partial charge in [-0.3, -0.25) is 14.9 Å². The van der Waals surface area contributed by atoms with Crippen LogP contribution in [0.2, 0.25) is 0 Å². The van der Waals surface area contributed by atoms with E-state index in [1.165, 1.54) is 19.2 Å². The van der Waals surface area contributed by atoms with Crippen LogP contribution in [0, 0.1) is 10.1 Å². The first-order chi connectivity index (χ1) is 11.4. The van der Waals surface area contributed by atoms with Crippen molar-refractivity contribution in [1.29, 1.82) is 0 Å². The number of benzene rings is 2. The summed E-state index contributed by atoms with van der Waals surface area (Å²) in [5.41, 5.74) is 9.46. The number of hydrazone groups is 1. The number of nitrogen functional groups attached to an aromatic ring is 1. The number of nitro benzene ring substituents is 1. The highest BCUT2D eigenvalue weighted by molar-refractivity contribution is 6.02. The highest BCUT2D eigenvalue weighted by atomic mass is 16.6. The van der Waals surface area contributed by atoms with Crippen molar-refractivity contribution in [2.24, 2.45) is 5.10 Å². The van der Waals surface area contributed by atoms with Crippen LogP contribution in [0.4, 0.5) is 11.4 Å². The van der Waals surface area contributed by atoms with E-state index in [1.54, 1.807) is 37.3 Å². The number of nitrogens with one attached hydrogen (secondary N) is 1. The first kappa shape index (κ1) is 16.9. The zero-order valence-electron chi connectivity index (χ0n) is 13.1. The number of hydrogen-bond acceptors (Lipinski definition) is 6. The van der Waals surface area contributed by atoms with Gasteiger partial charge in [0, 0.05) is 17.3 Å². The maximum absolute atomic E-state index is 12.1. The number of hydrogen-bond donors (Lipinski definition) is 2. The van der Waals surface area contributed by atoms with Gasteiger partial charge in [-0.2, -0.15) is 5.10 Å². The fraction of sp³-hybridized carbons (Fsp3) is 0.125. The minimum atomic E-state index is -0.543. The Balaban J connectivity index is 2.22. The van der Waals surface area contributed by atoms with E-state index in [0.717, 1.165) is 0 Å². The summed E-state index contributed by atoms with van der Waals surface area (Å²) in [5.74, 6) is -0.312. The average Bonchev–Trinajstić information content (AvgIpc) is 2.59. The lowest BCUT2D eigenvalue weighted by atomic mass is 10.1. The van der Waals surface area contributed by atoms with Crippen LogP contribution in [0.15, 0.2) is 47.6 Å². The number of ether oxygens (including phenoxy) is 1. The van der Waals surface area contributed by atoms with Gasteiger partial charge in [0.1, 0.15) is 0 Å². The number of para-hydroxylation sites is 1. The molecule has 8 heteroatoms. The normalized spacial score (nSPS) is 11.0. The number of anilines is 1. The molecule has 24 heavy (non-hydrogen) atoms. The van der Waals surface area contributed by atoms with Crippen molar-refractivity contribution in [1.82, 2.24) is 5.43 Å². The molecule has 2 aromatic rings. The van der Waals surface area contributed by atoms with E-state index in [-0.39, 0.29) is 11.4 Å². The van der Waals surface area contributed by atoms with Gasteiger partial charge in [-0.15, -0.1) is 0 Å². The minimum absolute atomic E-state index is 0.151. The smallest absolute Gasteiger partial charge is 0.311 e. The largest absolute Gasteiger partial charge is 0.490 e. The molecule has 1 amide bonds. The third-order valence-electron chi connectivity index (χ3n) is 3.32. The fourth-order valence-corrected chi connectivity index (χ4v) is 2.02. The summed E-state index contributed by atoms with van der Waals surface area (Å²) in [7, 11) is 1.35. The highest BCUT2D eigenvalue weighted by Gasteiger charge is 2.16. The molecule has 0 fully saturated rings. The van der Waals surface area contributed by atoms with Crippen LogP contribution in [-0.2, 0) is 0 Å². The van der Waals surface area contributed by atoms with E-state index >= 15 is 0 Å². The van der Waals surface area contributed by atoms with E-state index in [0.29, 0.717) is 22.5 Å². The Labute approximate surface area is 138 Å². The second-order valence-electron chi connectivity index (χ2n) is 4.87. The maximum atomic E-state index is 12.1. The second kappa shape index (κ2) is 7.23. The van der Waals surface area contributed by atoms with Gasteiger partial charge in [0.15, 0.2) is 5.75 Å². The second-order valence-corrected chi connectivity index (χ2v) is 4.87. The first-order valence-electron chi connectivity index (χ1n) is 6.96. The summed E-state index contributed by atoms with van der Waals surface area (Å²) < 4.78 is 4.95. The van der Waals surface area contributed by atoms with E-state index in [4.69, 9.17) is 10.5 Å². The van der Waals surface area contributed by atoms with Gasteiger partial charge in [-0.1, -0.05) is 12.1 Å². The number of carbonyl (C=O) groups is 1. The molecule has 0 atom stereocenters. The summed E-state index contributed by atoms with van der Waals surface area (Å²) >= 11 is 0. The van der Waals surface area contributed by atoms with Gasteiger partial charge in [-0.05, 0) is 31.2 Å². The molecule has 2 aromatic carbocycles. The summed E-state index contributed by atoms with van der Waals surface area (Å²) in [6, 6.07) is 11.0. The molecule has 124 valence electrons. The van der Waals surface area contributed by atoms with Crippen LogP contribution in [0.1, 0.15) is 22.8 Å². The monoisotopic (exact) mass is 328 g/mol. The van der Waals surface area contributed by atoms with Crippen LogP contribution in [0.5, 0.6) is 5.75 Å². The van der Waals surface area contributed by atoms with E-state index in [2.05, 4.69) is 10.5 Å². The maximum Gasteiger partial charge on any atom is 0.311 e.